The topological polar surface area (TPSA) is 114 Å². The van der Waals surface area contributed by atoms with Crippen LogP contribution in [0.3, 0.4) is 0 Å². The molecule has 13 heteroatoms. The summed E-state index contributed by atoms with van der Waals surface area (Å²) in [5, 5.41) is 10.2. The minimum atomic E-state index is -4.78. The van der Waals surface area contributed by atoms with Gasteiger partial charge in [-0.05, 0) is 37.3 Å². The second-order valence-corrected chi connectivity index (χ2v) is 9.29. The predicted molar refractivity (Wildman–Crippen MR) is 123 cm³/mol. The van der Waals surface area contributed by atoms with Gasteiger partial charge in [0.25, 0.3) is 0 Å². The van der Waals surface area contributed by atoms with Crippen molar-refractivity contribution in [3.8, 4) is 23.4 Å². The SMILES string of the molecule is C=Cc1cc2c(cc1F)c(C#N)c(-c1ccc(S(=O)(=O)N[C@@H](C)C(F)(F)F)cn1)n2-c1ncccn1. The fourth-order valence-electron chi connectivity index (χ4n) is 3.50. The van der Waals surface area contributed by atoms with Gasteiger partial charge in [0.05, 0.1) is 22.5 Å². The van der Waals surface area contributed by atoms with Crippen LogP contribution in [0.4, 0.5) is 17.6 Å². The van der Waals surface area contributed by atoms with Crippen LogP contribution in [0.25, 0.3) is 34.3 Å². The highest BCUT2D eigenvalue weighted by Crippen LogP contribution is 2.36. The van der Waals surface area contributed by atoms with Gasteiger partial charge in [-0.25, -0.2) is 22.8 Å². The minimum absolute atomic E-state index is 0.0129. The van der Waals surface area contributed by atoms with Crippen LogP contribution in [0.1, 0.15) is 18.1 Å². The number of rotatable bonds is 6. The molecule has 0 radical (unpaired) electrons. The number of hydrogen-bond donors (Lipinski definition) is 1. The molecule has 0 fully saturated rings. The van der Waals surface area contributed by atoms with Crippen LogP contribution in [-0.2, 0) is 10.0 Å². The molecule has 0 aliphatic rings. The van der Waals surface area contributed by atoms with Crippen LogP contribution in [0.5, 0.6) is 0 Å². The van der Waals surface area contributed by atoms with E-state index in [1.807, 2.05) is 6.07 Å². The number of benzene rings is 1. The lowest BCUT2D eigenvalue weighted by Crippen LogP contribution is -2.42. The van der Waals surface area contributed by atoms with Gasteiger partial charge in [-0.2, -0.15) is 23.2 Å². The quantitative estimate of drug-likeness (QED) is 0.381. The molecule has 1 N–H and O–H groups in total. The van der Waals surface area contributed by atoms with Gasteiger partial charge in [0.1, 0.15) is 22.8 Å². The van der Waals surface area contributed by atoms with E-state index >= 15 is 0 Å². The zero-order chi connectivity index (χ0) is 26.3. The molecule has 0 amide bonds. The molecule has 36 heavy (non-hydrogen) atoms. The second kappa shape index (κ2) is 9.14. The van der Waals surface area contributed by atoms with Crippen molar-refractivity contribution in [3.05, 3.63) is 72.4 Å². The monoisotopic (exact) mass is 516 g/mol. The van der Waals surface area contributed by atoms with Gasteiger partial charge in [-0.3, -0.25) is 9.55 Å². The molecule has 1 aromatic carbocycles. The van der Waals surface area contributed by atoms with E-state index in [-0.39, 0.29) is 33.8 Å². The molecule has 1 atom stereocenters. The Morgan fingerprint density at radius 3 is 2.44 bits per heavy atom. The van der Waals surface area contributed by atoms with Gasteiger partial charge in [-0.15, -0.1) is 0 Å². The number of halogens is 4. The first-order chi connectivity index (χ1) is 17.0. The molecule has 8 nitrogen and oxygen atoms in total. The number of pyridine rings is 1. The summed E-state index contributed by atoms with van der Waals surface area (Å²) < 4.78 is 80.9. The van der Waals surface area contributed by atoms with Gasteiger partial charge in [0.2, 0.25) is 16.0 Å². The number of hydrogen-bond acceptors (Lipinski definition) is 6. The maximum absolute atomic E-state index is 14.6. The summed E-state index contributed by atoms with van der Waals surface area (Å²) >= 11 is 0. The summed E-state index contributed by atoms with van der Waals surface area (Å²) in [6.07, 6.45) is 0.303. The fraction of sp³-hybridized carbons (Fsp3) is 0.130. The van der Waals surface area contributed by atoms with Crippen molar-refractivity contribution in [1.29, 1.82) is 5.26 Å². The van der Waals surface area contributed by atoms with Crippen molar-refractivity contribution in [3.63, 3.8) is 0 Å². The summed E-state index contributed by atoms with van der Waals surface area (Å²) in [5.74, 6) is -0.495. The minimum Gasteiger partial charge on any atom is -0.275 e. The summed E-state index contributed by atoms with van der Waals surface area (Å²) in [7, 11) is -4.55. The molecular weight excluding hydrogens is 500 g/mol. The highest BCUT2D eigenvalue weighted by molar-refractivity contribution is 7.89. The molecule has 0 aliphatic carbocycles. The van der Waals surface area contributed by atoms with E-state index in [2.05, 4.69) is 21.5 Å². The molecule has 0 unspecified atom stereocenters. The number of fused-ring (bicyclic) bond motifs is 1. The number of nitrogens with zero attached hydrogens (tertiary/aromatic N) is 5. The third kappa shape index (κ3) is 4.43. The first-order valence-corrected chi connectivity index (χ1v) is 11.7. The smallest absolute Gasteiger partial charge is 0.275 e. The summed E-state index contributed by atoms with van der Waals surface area (Å²) in [5.41, 5.74) is 0.757. The van der Waals surface area contributed by atoms with Crippen LogP contribution < -0.4 is 4.72 Å². The lowest BCUT2D eigenvalue weighted by Gasteiger charge is -2.17. The van der Waals surface area contributed by atoms with E-state index in [1.165, 1.54) is 35.2 Å². The maximum Gasteiger partial charge on any atom is 0.404 e. The number of nitriles is 1. The van der Waals surface area contributed by atoms with Gasteiger partial charge >= 0.3 is 6.18 Å². The first kappa shape index (κ1) is 25.0. The highest BCUT2D eigenvalue weighted by atomic mass is 32.2. The van der Waals surface area contributed by atoms with E-state index in [9.17, 15) is 31.2 Å². The fourth-order valence-corrected chi connectivity index (χ4v) is 4.67. The summed E-state index contributed by atoms with van der Waals surface area (Å²) in [4.78, 5) is 12.0. The van der Waals surface area contributed by atoms with Crippen molar-refractivity contribution in [1.82, 2.24) is 24.2 Å². The Balaban J connectivity index is 1.92. The lowest BCUT2D eigenvalue weighted by molar-refractivity contribution is -0.147. The Kier molecular flexibility index (Phi) is 6.33. The lowest BCUT2D eigenvalue weighted by atomic mass is 10.1. The number of aromatic nitrogens is 4. The Labute approximate surface area is 202 Å². The Hall–Kier alpha value is -4.15. The summed E-state index contributed by atoms with van der Waals surface area (Å²) in [6.45, 7) is 4.26. The van der Waals surface area contributed by atoms with Gasteiger partial charge < -0.3 is 0 Å². The normalized spacial score (nSPS) is 12.9. The van der Waals surface area contributed by atoms with Crippen LogP contribution in [0, 0.1) is 17.1 Å². The first-order valence-electron chi connectivity index (χ1n) is 10.2. The van der Waals surface area contributed by atoms with Gasteiger partial charge in [0.15, 0.2) is 0 Å². The van der Waals surface area contributed by atoms with Gasteiger partial charge in [-0.1, -0.05) is 12.7 Å². The van der Waals surface area contributed by atoms with Crippen molar-refractivity contribution >= 4 is 27.0 Å². The third-order valence-corrected chi connectivity index (χ3v) is 6.81. The van der Waals surface area contributed by atoms with E-state index in [0.29, 0.717) is 12.4 Å². The Morgan fingerprint density at radius 1 is 1.19 bits per heavy atom. The van der Waals surface area contributed by atoms with Crippen LogP contribution in [-0.4, -0.2) is 40.2 Å². The molecule has 4 aromatic rings. The third-order valence-electron chi connectivity index (χ3n) is 5.28. The van der Waals surface area contributed by atoms with Crippen LogP contribution in [0.2, 0.25) is 0 Å². The Morgan fingerprint density at radius 2 is 1.89 bits per heavy atom. The van der Waals surface area contributed by atoms with Crippen LogP contribution >= 0.6 is 0 Å². The predicted octanol–water partition coefficient (Wildman–Crippen LogP) is 4.37. The van der Waals surface area contributed by atoms with Crippen molar-refractivity contribution < 1.29 is 26.0 Å². The molecule has 0 saturated heterocycles. The molecule has 0 spiro atoms. The van der Waals surface area contributed by atoms with E-state index in [4.69, 9.17) is 0 Å². The van der Waals surface area contributed by atoms with Crippen molar-refractivity contribution in [2.24, 2.45) is 0 Å². The molecule has 0 saturated carbocycles. The van der Waals surface area contributed by atoms with Gasteiger partial charge in [0, 0.05) is 29.5 Å². The molecule has 0 aliphatic heterocycles. The zero-order valence-corrected chi connectivity index (χ0v) is 19.3. The average molecular weight is 516 g/mol. The largest absolute Gasteiger partial charge is 0.404 e. The van der Waals surface area contributed by atoms with E-state index < -0.39 is 33.0 Å². The number of nitrogens with one attached hydrogen (secondary N) is 1. The number of alkyl halides is 3. The highest BCUT2D eigenvalue weighted by Gasteiger charge is 2.39. The van der Waals surface area contributed by atoms with Crippen molar-refractivity contribution in [2.75, 3.05) is 0 Å². The van der Waals surface area contributed by atoms with Crippen LogP contribution in [0.15, 0.2) is 60.4 Å². The molecule has 3 aromatic heterocycles. The standard InChI is InChI=1S/C23H16F4N6O2S/c1-3-14-9-20-16(10-18(14)24)17(11-28)21(33(20)22-29-7-4-8-30-22)19-6-5-15(12-31-19)36(34,35)32-13(2)23(25,26)27/h3-10,12-13,32H,1H2,2H3/t13-/m0/s1. The molecule has 4 rings (SSSR count). The summed E-state index contributed by atoms with van der Waals surface area (Å²) in [6, 6.07) is 6.17. The molecule has 3 heterocycles. The molecule has 0 bridgehead atoms. The number of sulfonamides is 1. The Bertz CT molecular complexity index is 1610. The van der Waals surface area contributed by atoms with Crippen molar-refractivity contribution in [2.45, 2.75) is 24.0 Å². The maximum atomic E-state index is 14.6. The zero-order valence-electron chi connectivity index (χ0n) is 18.5. The average Bonchev–Trinajstić information content (AvgIpc) is 3.16. The van der Waals surface area contributed by atoms with E-state index in [1.54, 1.807) is 10.8 Å². The molecular formula is C23H16F4N6O2S. The molecule has 184 valence electrons. The second-order valence-electron chi connectivity index (χ2n) is 7.58. The van der Waals surface area contributed by atoms with E-state index in [0.717, 1.165) is 18.3 Å².